The lowest BCUT2D eigenvalue weighted by Gasteiger charge is -2.29. The third-order valence-corrected chi connectivity index (χ3v) is 3.60. The predicted molar refractivity (Wildman–Crippen MR) is 84.7 cm³/mol. The van der Waals surface area contributed by atoms with Crippen LogP contribution in [-0.2, 0) is 19.1 Å². The quantitative estimate of drug-likeness (QED) is 0.794. The van der Waals surface area contributed by atoms with Gasteiger partial charge in [-0.1, -0.05) is 13.8 Å². The highest BCUT2D eigenvalue weighted by molar-refractivity contribution is 5.90. The van der Waals surface area contributed by atoms with E-state index in [-0.39, 0.29) is 11.8 Å². The lowest BCUT2D eigenvalue weighted by molar-refractivity contribution is -0.146. The van der Waals surface area contributed by atoms with Crippen LogP contribution in [0.25, 0.3) is 0 Å². The lowest BCUT2D eigenvalue weighted by atomic mass is 10.0. The van der Waals surface area contributed by atoms with Gasteiger partial charge in [0.05, 0.1) is 7.11 Å². The van der Waals surface area contributed by atoms with Crippen LogP contribution in [0.5, 0.6) is 0 Å². The Hall–Kier alpha value is -1.79. The summed E-state index contributed by atoms with van der Waals surface area (Å²) < 4.78 is 10.1. The zero-order valence-corrected chi connectivity index (χ0v) is 14.8. The summed E-state index contributed by atoms with van der Waals surface area (Å²) >= 11 is 0. The molecule has 1 aliphatic rings. The molecule has 132 valence electrons. The summed E-state index contributed by atoms with van der Waals surface area (Å²) in [6.45, 7) is 9.45. The number of amides is 2. The molecule has 1 saturated heterocycles. The number of nitrogens with one attached hydrogen (secondary N) is 1. The molecule has 0 aromatic heterocycles. The van der Waals surface area contributed by atoms with E-state index in [9.17, 15) is 14.4 Å². The maximum atomic E-state index is 12.5. The number of hydrogen-bond donors (Lipinski definition) is 1. The first-order valence-electron chi connectivity index (χ1n) is 7.94. The standard InChI is InChI=1S/C16H28N2O5/c1-10(2)12(14(20)22-6)17-13(19)11-8-7-9-18(11)15(21)23-16(3,4)5/h10-12H,7-9H2,1-6H3,(H,17,19)/t11-,12?/m0/s1. The fourth-order valence-electron chi connectivity index (χ4n) is 2.45. The molecule has 0 aromatic carbocycles. The molecule has 0 saturated carbocycles. The molecular formula is C16H28N2O5. The fraction of sp³-hybridized carbons (Fsp3) is 0.812. The van der Waals surface area contributed by atoms with Crippen molar-refractivity contribution in [1.82, 2.24) is 10.2 Å². The maximum absolute atomic E-state index is 12.5. The van der Waals surface area contributed by atoms with Gasteiger partial charge in [0.15, 0.2) is 0 Å². The molecule has 1 rings (SSSR count). The van der Waals surface area contributed by atoms with Crippen molar-refractivity contribution in [2.24, 2.45) is 5.92 Å². The number of rotatable bonds is 4. The summed E-state index contributed by atoms with van der Waals surface area (Å²) in [6.07, 6.45) is 0.771. The maximum Gasteiger partial charge on any atom is 0.410 e. The Bertz CT molecular complexity index is 456. The Morgan fingerprint density at radius 3 is 2.30 bits per heavy atom. The second-order valence-electron chi connectivity index (χ2n) is 7.09. The minimum atomic E-state index is -0.728. The van der Waals surface area contributed by atoms with E-state index in [4.69, 9.17) is 9.47 Å². The van der Waals surface area contributed by atoms with Gasteiger partial charge in [0.2, 0.25) is 5.91 Å². The highest BCUT2D eigenvalue weighted by atomic mass is 16.6. The van der Waals surface area contributed by atoms with Crippen LogP contribution >= 0.6 is 0 Å². The summed E-state index contributed by atoms with van der Waals surface area (Å²) in [5, 5.41) is 2.69. The normalized spacial score (nSPS) is 19.4. The SMILES string of the molecule is COC(=O)C(NC(=O)[C@@H]1CCCN1C(=O)OC(C)(C)C)C(C)C. The van der Waals surface area contributed by atoms with Crippen molar-refractivity contribution in [2.45, 2.75) is 65.1 Å². The van der Waals surface area contributed by atoms with Crippen LogP contribution < -0.4 is 5.32 Å². The van der Waals surface area contributed by atoms with Crippen molar-refractivity contribution in [3.05, 3.63) is 0 Å². The van der Waals surface area contributed by atoms with Crippen molar-refractivity contribution < 1.29 is 23.9 Å². The van der Waals surface area contributed by atoms with E-state index in [1.54, 1.807) is 20.8 Å². The van der Waals surface area contributed by atoms with E-state index in [1.165, 1.54) is 12.0 Å². The van der Waals surface area contributed by atoms with E-state index >= 15 is 0 Å². The Labute approximate surface area is 137 Å². The lowest BCUT2D eigenvalue weighted by Crippen LogP contribution is -2.53. The van der Waals surface area contributed by atoms with Gasteiger partial charge in [0.1, 0.15) is 17.7 Å². The molecule has 1 fully saturated rings. The van der Waals surface area contributed by atoms with Crippen LogP contribution in [0.1, 0.15) is 47.5 Å². The van der Waals surface area contributed by atoms with Crippen molar-refractivity contribution >= 4 is 18.0 Å². The van der Waals surface area contributed by atoms with Gasteiger partial charge in [0, 0.05) is 6.54 Å². The number of hydrogen-bond acceptors (Lipinski definition) is 5. The van der Waals surface area contributed by atoms with E-state index < -0.39 is 29.7 Å². The third-order valence-electron chi connectivity index (χ3n) is 3.60. The smallest absolute Gasteiger partial charge is 0.410 e. The third kappa shape index (κ3) is 5.41. The van der Waals surface area contributed by atoms with Crippen LogP contribution in [0.4, 0.5) is 4.79 Å². The van der Waals surface area contributed by atoms with Crippen LogP contribution in [0.2, 0.25) is 0 Å². The molecule has 0 bridgehead atoms. The van der Waals surface area contributed by atoms with Gasteiger partial charge >= 0.3 is 12.1 Å². The molecule has 23 heavy (non-hydrogen) atoms. The number of methoxy groups -OCH3 is 1. The predicted octanol–water partition coefficient (Wildman–Crippen LogP) is 1.70. The van der Waals surface area contributed by atoms with Gasteiger partial charge in [-0.2, -0.15) is 0 Å². The number of carbonyl (C=O) groups is 3. The average molecular weight is 328 g/mol. The monoisotopic (exact) mass is 328 g/mol. The number of ether oxygens (including phenoxy) is 2. The molecule has 7 nitrogen and oxygen atoms in total. The van der Waals surface area contributed by atoms with E-state index in [2.05, 4.69) is 5.32 Å². The number of esters is 1. The first-order valence-corrected chi connectivity index (χ1v) is 7.94. The molecule has 7 heteroatoms. The fourth-order valence-corrected chi connectivity index (χ4v) is 2.45. The van der Waals surface area contributed by atoms with Crippen LogP contribution in [0, 0.1) is 5.92 Å². The van der Waals surface area contributed by atoms with Gasteiger partial charge in [-0.3, -0.25) is 9.69 Å². The van der Waals surface area contributed by atoms with Gasteiger partial charge in [-0.15, -0.1) is 0 Å². The molecule has 1 N–H and O–H groups in total. The van der Waals surface area contributed by atoms with Gasteiger partial charge in [0.25, 0.3) is 0 Å². The average Bonchev–Trinajstić information content (AvgIpc) is 2.91. The first kappa shape index (κ1) is 19.3. The minimum absolute atomic E-state index is 0.109. The second kappa shape index (κ2) is 7.66. The number of carbonyl (C=O) groups excluding carboxylic acids is 3. The molecule has 0 aromatic rings. The van der Waals surface area contributed by atoms with E-state index in [1.807, 2.05) is 13.8 Å². The summed E-state index contributed by atoms with van der Waals surface area (Å²) in [7, 11) is 1.28. The molecule has 1 unspecified atom stereocenters. The number of nitrogens with zero attached hydrogens (tertiary/aromatic N) is 1. The molecule has 1 aliphatic heterocycles. The molecule has 0 aliphatic carbocycles. The Morgan fingerprint density at radius 2 is 1.83 bits per heavy atom. The summed E-state index contributed by atoms with van der Waals surface area (Å²) in [5.41, 5.74) is -0.618. The second-order valence-corrected chi connectivity index (χ2v) is 7.09. The first-order chi connectivity index (χ1) is 10.6. The summed E-state index contributed by atoms with van der Waals surface area (Å²) in [4.78, 5) is 37.9. The van der Waals surface area contributed by atoms with Gasteiger partial charge in [-0.05, 0) is 39.5 Å². The molecule has 1 heterocycles. The molecule has 0 spiro atoms. The van der Waals surface area contributed by atoms with Crippen molar-refractivity contribution in [3.8, 4) is 0 Å². The van der Waals surface area contributed by atoms with Crippen molar-refractivity contribution in [2.75, 3.05) is 13.7 Å². The molecule has 2 atom stereocenters. The van der Waals surface area contributed by atoms with Crippen LogP contribution in [0.15, 0.2) is 0 Å². The molecule has 0 radical (unpaired) electrons. The zero-order valence-electron chi connectivity index (χ0n) is 14.8. The van der Waals surface area contributed by atoms with Crippen molar-refractivity contribution in [1.29, 1.82) is 0 Å². The Kier molecular flexibility index (Phi) is 6.41. The molecule has 2 amide bonds. The zero-order chi connectivity index (χ0) is 17.8. The van der Waals surface area contributed by atoms with Crippen molar-refractivity contribution in [3.63, 3.8) is 0 Å². The summed E-state index contributed by atoms with van der Waals surface area (Å²) in [6, 6.07) is -1.34. The number of likely N-dealkylation sites (tertiary alicyclic amines) is 1. The van der Waals surface area contributed by atoms with Gasteiger partial charge in [-0.25, -0.2) is 9.59 Å². The summed E-state index contributed by atoms with van der Waals surface area (Å²) in [5.74, 6) is -0.949. The molecular weight excluding hydrogens is 300 g/mol. The topological polar surface area (TPSA) is 84.9 Å². The highest BCUT2D eigenvalue weighted by Crippen LogP contribution is 2.21. The van der Waals surface area contributed by atoms with Crippen LogP contribution in [-0.4, -0.2) is 54.2 Å². The Morgan fingerprint density at radius 1 is 1.22 bits per heavy atom. The van der Waals surface area contributed by atoms with E-state index in [0.29, 0.717) is 13.0 Å². The Balaban J connectivity index is 2.77. The highest BCUT2D eigenvalue weighted by Gasteiger charge is 2.38. The van der Waals surface area contributed by atoms with Crippen LogP contribution in [0.3, 0.4) is 0 Å². The minimum Gasteiger partial charge on any atom is -0.467 e. The van der Waals surface area contributed by atoms with Gasteiger partial charge < -0.3 is 14.8 Å². The largest absolute Gasteiger partial charge is 0.467 e. The van der Waals surface area contributed by atoms with E-state index in [0.717, 1.165) is 6.42 Å².